The minimum absolute atomic E-state index is 0.0544. The molecule has 168 valence electrons. The van der Waals surface area contributed by atoms with Gasteiger partial charge in [0.05, 0.1) is 22.7 Å². The minimum Gasteiger partial charge on any atom is -0.356 e. The summed E-state index contributed by atoms with van der Waals surface area (Å²) in [7, 11) is -3.22. The van der Waals surface area contributed by atoms with E-state index in [-0.39, 0.29) is 18.0 Å². The molecule has 0 saturated carbocycles. The number of likely N-dealkylation sites (tertiary alicyclic amines) is 1. The van der Waals surface area contributed by atoms with Crippen LogP contribution in [0.15, 0.2) is 24.5 Å². The van der Waals surface area contributed by atoms with Gasteiger partial charge in [0.1, 0.15) is 0 Å². The molecule has 1 amide bonds. The lowest BCUT2D eigenvalue weighted by atomic mass is 10.2. The van der Waals surface area contributed by atoms with Gasteiger partial charge in [-0.15, -0.1) is 0 Å². The van der Waals surface area contributed by atoms with Crippen molar-refractivity contribution in [2.45, 2.75) is 56.9 Å². The first-order valence-electron chi connectivity index (χ1n) is 10.7. The highest BCUT2D eigenvalue weighted by Crippen LogP contribution is 2.35. The first kappa shape index (κ1) is 20.7. The lowest BCUT2D eigenvalue weighted by Crippen LogP contribution is -2.54. The zero-order valence-corrected chi connectivity index (χ0v) is 18.5. The molecule has 3 saturated heterocycles. The fourth-order valence-electron chi connectivity index (χ4n) is 4.95. The molecule has 2 N–H and O–H groups in total. The van der Waals surface area contributed by atoms with Crippen molar-refractivity contribution < 1.29 is 18.3 Å². The van der Waals surface area contributed by atoms with E-state index in [0.29, 0.717) is 19.5 Å². The first-order chi connectivity index (χ1) is 14.7. The average Bonchev–Trinajstić information content (AvgIpc) is 3.42. The van der Waals surface area contributed by atoms with Crippen molar-refractivity contribution in [3.05, 3.63) is 30.1 Å². The Bertz CT molecular complexity index is 1120. The zero-order valence-electron chi connectivity index (χ0n) is 17.7. The Morgan fingerprint density at radius 3 is 2.77 bits per heavy atom. The van der Waals surface area contributed by atoms with Crippen molar-refractivity contribution in [3.63, 3.8) is 0 Å². The maximum atomic E-state index is 12.6. The van der Waals surface area contributed by atoms with Crippen molar-refractivity contribution in [3.8, 4) is 0 Å². The average molecular weight is 449 g/mol. The fourth-order valence-corrected chi connectivity index (χ4v) is 6.43. The third kappa shape index (κ3) is 3.49. The molecule has 0 radical (unpaired) electrons. The maximum absolute atomic E-state index is 12.6. The number of carbonyl (C=O) groups is 1. The second-order valence-corrected chi connectivity index (χ2v) is 11.4. The molecule has 0 aromatic carbocycles. The van der Waals surface area contributed by atoms with Crippen molar-refractivity contribution in [1.29, 1.82) is 0 Å². The van der Waals surface area contributed by atoms with Crippen molar-refractivity contribution in [2.75, 3.05) is 24.5 Å². The molecule has 2 bridgehead atoms. The number of hydrogen-bond donors (Lipinski definition) is 2. The number of hydrogen-bond acceptors (Lipinski definition) is 7. The minimum atomic E-state index is -3.22. The molecule has 10 nitrogen and oxygen atoms in total. The van der Waals surface area contributed by atoms with E-state index in [4.69, 9.17) is 0 Å². The number of rotatable bonds is 5. The number of aliphatic hydroxyl groups is 1. The van der Waals surface area contributed by atoms with Crippen molar-refractivity contribution in [2.24, 2.45) is 0 Å². The molecular formula is C20H28N6O4S. The van der Waals surface area contributed by atoms with Crippen LogP contribution < -0.4 is 10.2 Å². The van der Waals surface area contributed by atoms with Crippen molar-refractivity contribution in [1.82, 2.24) is 24.1 Å². The second kappa shape index (κ2) is 7.44. The van der Waals surface area contributed by atoms with E-state index in [9.17, 15) is 18.3 Å². The quantitative estimate of drug-likeness (QED) is 0.659. The fraction of sp³-hybridized carbons (Fsp3) is 0.600. The number of fused-ring (bicyclic) bond motifs is 3. The lowest BCUT2D eigenvalue weighted by Gasteiger charge is -2.34. The Kier molecular flexibility index (Phi) is 4.96. The van der Waals surface area contributed by atoms with E-state index in [1.165, 1.54) is 0 Å². The SMILES string of the molecule is CC(C)S(=O)(=O)N1C[C@H]2C[C@@H]1CN2Cc1ccn2ncc(N3CCC(=O)NC3O)c2c1. The van der Waals surface area contributed by atoms with Crippen LogP contribution in [0.5, 0.6) is 0 Å². The highest BCUT2D eigenvalue weighted by atomic mass is 32.2. The van der Waals surface area contributed by atoms with Crippen LogP contribution in [0.2, 0.25) is 0 Å². The lowest BCUT2D eigenvalue weighted by molar-refractivity contribution is -0.125. The van der Waals surface area contributed by atoms with Gasteiger partial charge >= 0.3 is 0 Å². The summed E-state index contributed by atoms with van der Waals surface area (Å²) < 4.78 is 28.6. The summed E-state index contributed by atoms with van der Waals surface area (Å²) in [6.45, 7) is 5.94. The normalized spacial score (nSPS) is 27.5. The Morgan fingerprint density at radius 2 is 2.10 bits per heavy atom. The summed E-state index contributed by atoms with van der Waals surface area (Å²) in [4.78, 5) is 15.6. The van der Waals surface area contributed by atoms with Crippen molar-refractivity contribution >= 4 is 27.1 Å². The van der Waals surface area contributed by atoms with Gasteiger partial charge in [0.15, 0.2) is 0 Å². The van der Waals surface area contributed by atoms with Crippen LogP contribution in [0, 0.1) is 0 Å². The molecule has 5 rings (SSSR count). The van der Waals surface area contributed by atoms with E-state index in [1.807, 2.05) is 12.3 Å². The number of sulfonamides is 1. The van der Waals surface area contributed by atoms with Gasteiger partial charge in [-0.1, -0.05) is 0 Å². The smallest absolute Gasteiger partial charge is 0.225 e. The highest BCUT2D eigenvalue weighted by Gasteiger charge is 2.48. The van der Waals surface area contributed by atoms with E-state index in [1.54, 1.807) is 33.8 Å². The highest BCUT2D eigenvalue weighted by molar-refractivity contribution is 7.89. The maximum Gasteiger partial charge on any atom is 0.225 e. The molecule has 0 aliphatic carbocycles. The monoisotopic (exact) mass is 448 g/mol. The number of pyridine rings is 1. The molecule has 1 unspecified atom stereocenters. The summed E-state index contributed by atoms with van der Waals surface area (Å²) in [6.07, 6.45) is 3.73. The zero-order chi connectivity index (χ0) is 21.9. The predicted molar refractivity (Wildman–Crippen MR) is 115 cm³/mol. The summed E-state index contributed by atoms with van der Waals surface area (Å²) in [5, 5.41) is 16.8. The Morgan fingerprint density at radius 1 is 1.29 bits per heavy atom. The number of amides is 1. The number of piperazine rings is 1. The second-order valence-electron chi connectivity index (χ2n) is 8.92. The molecule has 3 aliphatic rings. The summed E-state index contributed by atoms with van der Waals surface area (Å²) in [5.41, 5.74) is 2.74. The van der Waals surface area contributed by atoms with Crippen LogP contribution in [0.3, 0.4) is 0 Å². The van der Waals surface area contributed by atoms with E-state index >= 15 is 0 Å². The molecule has 0 spiro atoms. The molecule has 2 aromatic heterocycles. The molecule has 3 aliphatic heterocycles. The van der Waals surface area contributed by atoms with Gasteiger partial charge in [-0.25, -0.2) is 12.9 Å². The summed E-state index contributed by atoms with van der Waals surface area (Å²) in [6, 6.07) is 4.37. The predicted octanol–water partition coefficient (Wildman–Crippen LogP) is -0.0668. The van der Waals surface area contributed by atoms with Crippen LogP contribution in [-0.2, 0) is 21.4 Å². The summed E-state index contributed by atoms with van der Waals surface area (Å²) >= 11 is 0. The van der Waals surface area contributed by atoms with Gasteiger partial charge in [0.2, 0.25) is 22.3 Å². The summed E-state index contributed by atoms with van der Waals surface area (Å²) in [5.74, 6) is -0.168. The molecule has 3 atom stereocenters. The Balaban J connectivity index is 1.33. The van der Waals surface area contributed by atoms with Crippen LogP contribution >= 0.6 is 0 Å². The number of carbonyl (C=O) groups excluding carboxylic acids is 1. The standard InChI is InChI=1S/C20H28N6O4S/c1-13(2)31(29,30)26-12-15-8-16(26)11-23(15)10-14-3-6-25-17(7-14)18(9-21-25)24-5-4-19(27)22-20(24)28/h3,6-7,9,13,15-16,20,28H,4-5,8,10-12H2,1-2H3,(H,22,27)/t15-,16-,20?/m1/s1. The van der Waals surface area contributed by atoms with Crippen LogP contribution in [0.4, 0.5) is 5.69 Å². The van der Waals surface area contributed by atoms with Gasteiger partial charge in [0, 0.05) is 50.9 Å². The largest absolute Gasteiger partial charge is 0.356 e. The third-order valence-electron chi connectivity index (χ3n) is 6.65. The van der Waals surface area contributed by atoms with E-state index in [2.05, 4.69) is 21.4 Å². The van der Waals surface area contributed by atoms with Gasteiger partial charge in [-0.3, -0.25) is 9.69 Å². The topological polar surface area (TPSA) is 110 Å². The Hall–Kier alpha value is -2.21. The molecule has 31 heavy (non-hydrogen) atoms. The molecule has 2 aromatic rings. The number of nitrogens with zero attached hydrogens (tertiary/aromatic N) is 5. The molecule has 11 heteroatoms. The van der Waals surface area contributed by atoms with Gasteiger partial charge < -0.3 is 15.3 Å². The number of anilines is 1. The Labute approximate surface area is 181 Å². The van der Waals surface area contributed by atoms with Crippen LogP contribution in [0.25, 0.3) is 5.52 Å². The first-order valence-corrected chi connectivity index (χ1v) is 12.2. The molecule has 5 heterocycles. The van der Waals surface area contributed by atoms with Gasteiger partial charge in [-0.2, -0.15) is 9.40 Å². The molecular weight excluding hydrogens is 420 g/mol. The number of aliphatic hydroxyl groups excluding tert-OH is 1. The van der Waals surface area contributed by atoms with E-state index < -0.39 is 21.6 Å². The third-order valence-corrected chi connectivity index (χ3v) is 8.94. The number of nitrogens with one attached hydrogen (secondary N) is 1. The van der Waals surface area contributed by atoms with E-state index in [0.717, 1.165) is 36.3 Å². The number of aromatic nitrogens is 2. The van der Waals surface area contributed by atoms with Crippen LogP contribution in [-0.4, -0.2) is 81.6 Å². The van der Waals surface area contributed by atoms with Crippen LogP contribution in [0.1, 0.15) is 32.3 Å². The van der Waals surface area contributed by atoms with Gasteiger partial charge in [0.25, 0.3) is 0 Å². The molecule has 3 fully saturated rings. The van der Waals surface area contributed by atoms with Gasteiger partial charge in [-0.05, 0) is 38.0 Å².